The van der Waals surface area contributed by atoms with Crippen molar-refractivity contribution >= 4 is 16.7 Å². The van der Waals surface area contributed by atoms with Crippen molar-refractivity contribution in [1.82, 2.24) is 0 Å². The second kappa shape index (κ2) is 6.16. The first-order chi connectivity index (χ1) is 11.1. The van der Waals surface area contributed by atoms with E-state index in [0.717, 1.165) is 23.1 Å². The van der Waals surface area contributed by atoms with E-state index < -0.39 is 5.63 Å². The first kappa shape index (κ1) is 15.2. The predicted molar refractivity (Wildman–Crippen MR) is 92.0 cm³/mol. The Hall–Kier alpha value is -2.75. The maximum Gasteiger partial charge on any atom is 0.336 e. The summed E-state index contributed by atoms with van der Waals surface area (Å²) in [5.74, 6) is 0.126. The fraction of sp³-hybridized carbons (Fsp3) is 0.211. The summed E-state index contributed by atoms with van der Waals surface area (Å²) in [6.45, 7) is 4.37. The number of phenolic OH excluding ortho intramolecular Hbond substituents is 1. The van der Waals surface area contributed by atoms with Crippen molar-refractivity contribution in [3.63, 3.8) is 0 Å². The molecule has 0 radical (unpaired) electrons. The Morgan fingerprint density at radius 1 is 1.13 bits per heavy atom. The number of aryl methyl sites for hydroxylation is 2. The van der Waals surface area contributed by atoms with Crippen LogP contribution in [0.3, 0.4) is 0 Å². The summed E-state index contributed by atoms with van der Waals surface area (Å²) in [7, 11) is 0. The number of aromatic hydroxyl groups is 1. The van der Waals surface area contributed by atoms with Gasteiger partial charge in [-0.3, -0.25) is 0 Å². The summed E-state index contributed by atoms with van der Waals surface area (Å²) >= 11 is 0. The molecule has 3 rings (SSSR count). The first-order valence-corrected chi connectivity index (χ1v) is 7.66. The van der Waals surface area contributed by atoms with E-state index in [9.17, 15) is 9.90 Å². The molecule has 0 unspecified atom stereocenters. The largest absolute Gasteiger partial charge is 0.508 e. The summed E-state index contributed by atoms with van der Waals surface area (Å²) in [6.07, 6.45) is 1.01. The lowest BCUT2D eigenvalue weighted by atomic mass is 10.1. The minimum Gasteiger partial charge on any atom is -0.508 e. The van der Waals surface area contributed by atoms with E-state index in [0.29, 0.717) is 17.7 Å². The zero-order valence-electron chi connectivity index (χ0n) is 13.2. The number of anilines is 1. The number of phenols is 1. The highest BCUT2D eigenvalue weighted by molar-refractivity contribution is 5.85. The van der Waals surface area contributed by atoms with Crippen molar-refractivity contribution in [3.8, 4) is 5.75 Å². The highest BCUT2D eigenvalue weighted by atomic mass is 16.4. The molecule has 0 aliphatic heterocycles. The van der Waals surface area contributed by atoms with Crippen LogP contribution in [0.15, 0.2) is 51.7 Å². The van der Waals surface area contributed by atoms with Gasteiger partial charge in [0, 0.05) is 29.2 Å². The molecule has 0 saturated heterocycles. The maximum atomic E-state index is 11.8. The average Bonchev–Trinajstić information content (AvgIpc) is 2.57. The lowest BCUT2D eigenvalue weighted by Crippen LogP contribution is -2.06. The van der Waals surface area contributed by atoms with Crippen LogP contribution in [0.4, 0.5) is 5.69 Å². The third-order valence-electron chi connectivity index (χ3n) is 4.06. The van der Waals surface area contributed by atoms with Gasteiger partial charge in [0.2, 0.25) is 0 Å². The van der Waals surface area contributed by atoms with Crippen molar-refractivity contribution < 1.29 is 9.52 Å². The number of benzene rings is 2. The molecule has 2 N–H and O–H groups in total. The van der Waals surface area contributed by atoms with Gasteiger partial charge in [-0.25, -0.2) is 4.79 Å². The highest BCUT2D eigenvalue weighted by Gasteiger charge is 2.10. The lowest BCUT2D eigenvalue weighted by molar-refractivity contribution is 0.468. The van der Waals surface area contributed by atoms with Gasteiger partial charge < -0.3 is 14.8 Å². The zero-order chi connectivity index (χ0) is 16.4. The van der Waals surface area contributed by atoms with Gasteiger partial charge in [0.25, 0.3) is 0 Å². The zero-order valence-corrected chi connectivity index (χ0v) is 13.2. The third-order valence-corrected chi connectivity index (χ3v) is 4.06. The molecule has 4 nitrogen and oxygen atoms in total. The van der Waals surface area contributed by atoms with E-state index in [-0.39, 0.29) is 5.75 Å². The maximum absolute atomic E-state index is 11.8. The van der Waals surface area contributed by atoms with Gasteiger partial charge in [-0.1, -0.05) is 19.1 Å². The monoisotopic (exact) mass is 309 g/mol. The molecular weight excluding hydrogens is 290 g/mol. The summed E-state index contributed by atoms with van der Waals surface area (Å²) in [5, 5.41) is 13.9. The van der Waals surface area contributed by atoms with Crippen molar-refractivity contribution in [2.24, 2.45) is 0 Å². The van der Waals surface area contributed by atoms with Crippen molar-refractivity contribution in [1.29, 1.82) is 0 Å². The topological polar surface area (TPSA) is 62.5 Å². The molecule has 118 valence electrons. The van der Waals surface area contributed by atoms with Crippen LogP contribution in [0.2, 0.25) is 0 Å². The van der Waals surface area contributed by atoms with Crippen LogP contribution in [0.1, 0.15) is 23.6 Å². The van der Waals surface area contributed by atoms with Crippen LogP contribution >= 0.6 is 0 Å². The molecule has 0 bridgehead atoms. The fourth-order valence-electron chi connectivity index (χ4n) is 2.62. The van der Waals surface area contributed by atoms with Crippen LogP contribution in [0.5, 0.6) is 5.75 Å². The smallest absolute Gasteiger partial charge is 0.336 e. The van der Waals surface area contributed by atoms with E-state index in [1.54, 1.807) is 19.1 Å². The average molecular weight is 309 g/mol. The number of hydrogen-bond donors (Lipinski definition) is 2. The van der Waals surface area contributed by atoms with E-state index in [2.05, 4.69) is 24.4 Å². The summed E-state index contributed by atoms with van der Waals surface area (Å²) < 4.78 is 5.25. The second-order valence-electron chi connectivity index (χ2n) is 5.58. The van der Waals surface area contributed by atoms with Gasteiger partial charge in [-0.05, 0) is 48.7 Å². The van der Waals surface area contributed by atoms with E-state index >= 15 is 0 Å². The Bertz CT molecular complexity index is 895. The molecule has 23 heavy (non-hydrogen) atoms. The molecule has 3 aromatic rings. The van der Waals surface area contributed by atoms with Gasteiger partial charge in [-0.15, -0.1) is 0 Å². The summed E-state index contributed by atoms with van der Waals surface area (Å²) in [5.41, 5.74) is 3.74. The molecule has 0 aliphatic rings. The van der Waals surface area contributed by atoms with Crippen LogP contribution in [-0.4, -0.2) is 5.11 Å². The van der Waals surface area contributed by atoms with Crippen molar-refractivity contribution in [3.05, 3.63) is 69.6 Å². The standard InChI is InChI=1S/C19H19NO3/c1-3-13-4-6-15(7-5-13)20-11-14-10-18(22)23-19-12(2)17(21)9-8-16(14)19/h4-10,20-21H,3,11H2,1-2H3. The van der Waals surface area contributed by atoms with Gasteiger partial charge in [0.15, 0.2) is 0 Å². The Morgan fingerprint density at radius 2 is 1.87 bits per heavy atom. The lowest BCUT2D eigenvalue weighted by Gasteiger charge is -2.10. The Labute approximate surface area is 134 Å². The molecular formula is C19H19NO3. The van der Waals surface area contributed by atoms with E-state index in [4.69, 9.17) is 4.42 Å². The quantitative estimate of drug-likeness (QED) is 0.716. The van der Waals surface area contributed by atoms with Crippen molar-refractivity contribution in [2.75, 3.05) is 5.32 Å². The molecule has 1 aromatic heterocycles. The SMILES string of the molecule is CCc1ccc(NCc2cc(=O)oc3c(C)c(O)ccc23)cc1. The number of nitrogens with one attached hydrogen (secondary N) is 1. The Morgan fingerprint density at radius 3 is 2.57 bits per heavy atom. The van der Waals surface area contributed by atoms with Gasteiger partial charge >= 0.3 is 5.63 Å². The summed E-state index contributed by atoms with van der Waals surface area (Å²) in [4.78, 5) is 11.8. The minimum atomic E-state index is -0.413. The molecule has 2 aromatic carbocycles. The van der Waals surface area contributed by atoms with Gasteiger partial charge in [-0.2, -0.15) is 0 Å². The highest BCUT2D eigenvalue weighted by Crippen LogP contribution is 2.27. The van der Waals surface area contributed by atoms with Crippen LogP contribution in [0, 0.1) is 6.92 Å². The van der Waals surface area contributed by atoms with Gasteiger partial charge in [0.05, 0.1) is 0 Å². The Balaban J connectivity index is 1.93. The molecule has 1 heterocycles. The second-order valence-corrected chi connectivity index (χ2v) is 5.58. The number of rotatable bonds is 4. The number of hydrogen-bond acceptors (Lipinski definition) is 4. The molecule has 0 amide bonds. The molecule has 0 spiro atoms. The van der Waals surface area contributed by atoms with Crippen LogP contribution in [-0.2, 0) is 13.0 Å². The minimum absolute atomic E-state index is 0.126. The van der Waals surface area contributed by atoms with E-state index in [1.807, 2.05) is 12.1 Å². The predicted octanol–water partition coefficient (Wildman–Crippen LogP) is 3.98. The molecule has 0 atom stereocenters. The van der Waals surface area contributed by atoms with E-state index in [1.165, 1.54) is 11.6 Å². The Kier molecular flexibility index (Phi) is 4.06. The summed E-state index contributed by atoms with van der Waals surface area (Å²) in [6, 6.07) is 13.1. The first-order valence-electron chi connectivity index (χ1n) is 7.66. The third kappa shape index (κ3) is 3.06. The molecule has 0 aliphatic carbocycles. The molecule has 0 fully saturated rings. The van der Waals surface area contributed by atoms with Crippen LogP contribution in [0.25, 0.3) is 11.0 Å². The molecule has 4 heteroatoms. The van der Waals surface area contributed by atoms with Gasteiger partial charge in [0.1, 0.15) is 11.3 Å². The fourth-order valence-corrected chi connectivity index (χ4v) is 2.62. The number of fused-ring (bicyclic) bond motifs is 1. The van der Waals surface area contributed by atoms with Crippen molar-refractivity contribution in [2.45, 2.75) is 26.8 Å². The normalized spacial score (nSPS) is 10.9. The molecule has 0 saturated carbocycles. The van der Waals surface area contributed by atoms with Crippen LogP contribution < -0.4 is 10.9 Å².